The molecule has 4 heteroatoms. The monoisotopic (exact) mass is 215 g/mol. The van der Waals surface area contributed by atoms with Gasteiger partial charge in [0.25, 0.3) is 5.92 Å². The summed E-state index contributed by atoms with van der Waals surface area (Å²) in [5.41, 5.74) is 0.921. The van der Waals surface area contributed by atoms with E-state index in [0.29, 0.717) is 5.75 Å². The summed E-state index contributed by atoms with van der Waals surface area (Å²) >= 11 is 0. The van der Waals surface area contributed by atoms with Crippen LogP contribution in [0.2, 0.25) is 0 Å². The quantitative estimate of drug-likeness (QED) is 0.753. The molecule has 0 fully saturated rings. The van der Waals surface area contributed by atoms with Gasteiger partial charge in [0.1, 0.15) is 5.75 Å². The summed E-state index contributed by atoms with van der Waals surface area (Å²) in [5, 5.41) is 0. The average molecular weight is 215 g/mol. The molecule has 0 bridgehead atoms. The van der Waals surface area contributed by atoms with Crippen LogP contribution in [0.3, 0.4) is 0 Å². The summed E-state index contributed by atoms with van der Waals surface area (Å²) in [6.07, 6.45) is 2.09. The molecule has 0 saturated carbocycles. The van der Waals surface area contributed by atoms with Gasteiger partial charge in [-0.25, -0.2) is 8.78 Å². The van der Waals surface area contributed by atoms with Crippen LogP contribution in [-0.4, -0.2) is 17.5 Å². The first-order valence-electron chi connectivity index (χ1n) is 5.03. The largest absolute Gasteiger partial charge is 0.486 e. The van der Waals surface area contributed by atoms with E-state index in [9.17, 15) is 8.78 Å². The SMILES string of the molecule is CCc1ccc(OCC(F)(F)CC)cn1. The Labute approximate surface area is 88.3 Å². The van der Waals surface area contributed by atoms with Gasteiger partial charge in [-0.3, -0.25) is 4.98 Å². The van der Waals surface area contributed by atoms with Crippen molar-refractivity contribution in [2.24, 2.45) is 0 Å². The van der Waals surface area contributed by atoms with Crippen molar-refractivity contribution in [2.45, 2.75) is 32.6 Å². The van der Waals surface area contributed by atoms with E-state index in [-0.39, 0.29) is 6.42 Å². The second-order valence-corrected chi connectivity index (χ2v) is 3.34. The summed E-state index contributed by atoms with van der Waals surface area (Å²) < 4.78 is 30.6. The van der Waals surface area contributed by atoms with Gasteiger partial charge in [0, 0.05) is 12.1 Å². The molecular weight excluding hydrogens is 200 g/mol. The summed E-state index contributed by atoms with van der Waals surface area (Å²) in [6.45, 7) is 2.83. The number of aromatic nitrogens is 1. The Balaban J connectivity index is 2.51. The normalized spacial score (nSPS) is 11.5. The Morgan fingerprint density at radius 1 is 1.33 bits per heavy atom. The van der Waals surface area contributed by atoms with E-state index in [0.717, 1.165) is 12.1 Å². The standard InChI is InChI=1S/C11H15F2NO/c1-3-9-5-6-10(7-14-9)15-8-11(12,13)4-2/h5-7H,3-4,8H2,1-2H3. The maximum atomic E-state index is 12.8. The van der Waals surface area contributed by atoms with E-state index in [4.69, 9.17) is 4.74 Å². The van der Waals surface area contributed by atoms with Crippen LogP contribution in [-0.2, 0) is 6.42 Å². The van der Waals surface area contributed by atoms with Gasteiger partial charge in [-0.05, 0) is 18.6 Å². The third kappa shape index (κ3) is 3.81. The second-order valence-electron chi connectivity index (χ2n) is 3.34. The molecule has 2 nitrogen and oxygen atoms in total. The van der Waals surface area contributed by atoms with Crippen molar-refractivity contribution in [3.8, 4) is 5.75 Å². The molecule has 15 heavy (non-hydrogen) atoms. The van der Waals surface area contributed by atoms with E-state index >= 15 is 0 Å². The number of rotatable bonds is 5. The minimum Gasteiger partial charge on any atom is -0.486 e. The molecule has 1 aromatic rings. The first kappa shape index (κ1) is 11.9. The molecule has 0 radical (unpaired) electrons. The van der Waals surface area contributed by atoms with Gasteiger partial charge in [0.15, 0.2) is 6.61 Å². The molecule has 0 aliphatic carbocycles. The molecule has 0 atom stereocenters. The molecule has 0 amide bonds. The first-order valence-corrected chi connectivity index (χ1v) is 5.03. The highest BCUT2D eigenvalue weighted by atomic mass is 19.3. The second kappa shape index (κ2) is 5.05. The zero-order valence-corrected chi connectivity index (χ0v) is 8.96. The van der Waals surface area contributed by atoms with Crippen LogP contribution in [0.15, 0.2) is 18.3 Å². The summed E-state index contributed by atoms with van der Waals surface area (Å²) in [6, 6.07) is 3.44. The molecule has 0 saturated heterocycles. The molecule has 0 N–H and O–H groups in total. The van der Waals surface area contributed by atoms with Gasteiger partial charge in [-0.15, -0.1) is 0 Å². The van der Waals surface area contributed by atoms with E-state index in [1.807, 2.05) is 6.92 Å². The third-order valence-electron chi connectivity index (χ3n) is 2.13. The number of aryl methyl sites for hydroxylation is 1. The molecule has 0 spiro atoms. The molecule has 0 aliphatic rings. The van der Waals surface area contributed by atoms with Crippen LogP contribution < -0.4 is 4.74 Å². The Morgan fingerprint density at radius 2 is 2.07 bits per heavy atom. The van der Waals surface area contributed by atoms with Gasteiger partial charge in [0.2, 0.25) is 0 Å². The smallest absolute Gasteiger partial charge is 0.281 e. The van der Waals surface area contributed by atoms with E-state index in [1.54, 1.807) is 12.1 Å². The Morgan fingerprint density at radius 3 is 2.53 bits per heavy atom. The minimum atomic E-state index is -2.76. The summed E-state index contributed by atoms with van der Waals surface area (Å²) in [4.78, 5) is 4.05. The minimum absolute atomic E-state index is 0.215. The maximum Gasteiger partial charge on any atom is 0.281 e. The highest BCUT2D eigenvalue weighted by molar-refractivity contribution is 5.19. The van der Waals surface area contributed by atoms with Crippen LogP contribution in [0, 0.1) is 0 Å². The first-order chi connectivity index (χ1) is 7.07. The summed E-state index contributed by atoms with van der Waals surface area (Å²) in [5.74, 6) is -2.37. The predicted molar refractivity (Wildman–Crippen MR) is 54.3 cm³/mol. The fraction of sp³-hybridized carbons (Fsp3) is 0.545. The Bertz CT molecular complexity index is 298. The zero-order valence-electron chi connectivity index (χ0n) is 8.96. The average Bonchev–Trinajstić information content (AvgIpc) is 2.27. The number of alkyl halides is 2. The number of hydrogen-bond acceptors (Lipinski definition) is 2. The van der Waals surface area contributed by atoms with Gasteiger partial charge < -0.3 is 4.74 Å². The molecule has 0 aliphatic heterocycles. The highest BCUT2D eigenvalue weighted by Crippen LogP contribution is 2.19. The van der Waals surface area contributed by atoms with Crippen LogP contribution in [0.5, 0.6) is 5.75 Å². The molecule has 84 valence electrons. The maximum absolute atomic E-state index is 12.8. The molecule has 0 unspecified atom stereocenters. The van der Waals surface area contributed by atoms with Crippen molar-refractivity contribution in [2.75, 3.05) is 6.61 Å². The van der Waals surface area contributed by atoms with Gasteiger partial charge in [-0.1, -0.05) is 13.8 Å². The lowest BCUT2D eigenvalue weighted by Crippen LogP contribution is -2.24. The van der Waals surface area contributed by atoms with Gasteiger partial charge in [-0.2, -0.15) is 0 Å². The molecular formula is C11H15F2NO. The fourth-order valence-corrected chi connectivity index (χ4v) is 0.996. The van der Waals surface area contributed by atoms with Crippen molar-refractivity contribution in [1.82, 2.24) is 4.98 Å². The third-order valence-corrected chi connectivity index (χ3v) is 2.13. The number of halogens is 2. The van der Waals surface area contributed by atoms with Crippen LogP contribution >= 0.6 is 0 Å². The zero-order chi connectivity index (χ0) is 11.3. The lowest BCUT2D eigenvalue weighted by atomic mass is 10.3. The molecule has 1 heterocycles. The number of ether oxygens (including phenoxy) is 1. The van der Waals surface area contributed by atoms with Crippen molar-refractivity contribution >= 4 is 0 Å². The topological polar surface area (TPSA) is 22.1 Å². The van der Waals surface area contributed by atoms with Crippen molar-refractivity contribution in [1.29, 1.82) is 0 Å². The molecule has 0 aromatic carbocycles. The van der Waals surface area contributed by atoms with E-state index in [2.05, 4.69) is 4.98 Å². The lowest BCUT2D eigenvalue weighted by molar-refractivity contribution is -0.0437. The highest BCUT2D eigenvalue weighted by Gasteiger charge is 2.27. The number of nitrogens with zero attached hydrogens (tertiary/aromatic N) is 1. The van der Waals surface area contributed by atoms with Gasteiger partial charge in [0.05, 0.1) is 6.20 Å². The number of hydrogen-bond donors (Lipinski definition) is 0. The van der Waals surface area contributed by atoms with E-state index < -0.39 is 12.5 Å². The Kier molecular flexibility index (Phi) is 4.00. The Hall–Kier alpha value is -1.19. The molecule has 1 rings (SSSR count). The van der Waals surface area contributed by atoms with Crippen LogP contribution in [0.4, 0.5) is 8.78 Å². The van der Waals surface area contributed by atoms with Crippen LogP contribution in [0.1, 0.15) is 26.0 Å². The summed E-state index contributed by atoms with van der Waals surface area (Å²) in [7, 11) is 0. The number of pyridine rings is 1. The predicted octanol–water partition coefficient (Wildman–Crippen LogP) is 3.07. The van der Waals surface area contributed by atoms with Crippen LogP contribution in [0.25, 0.3) is 0 Å². The van der Waals surface area contributed by atoms with Crippen molar-refractivity contribution in [3.63, 3.8) is 0 Å². The van der Waals surface area contributed by atoms with Crippen molar-refractivity contribution in [3.05, 3.63) is 24.0 Å². The lowest BCUT2D eigenvalue weighted by Gasteiger charge is -2.14. The van der Waals surface area contributed by atoms with Crippen molar-refractivity contribution < 1.29 is 13.5 Å². The van der Waals surface area contributed by atoms with E-state index in [1.165, 1.54) is 13.1 Å². The molecule has 1 aromatic heterocycles. The fourth-order valence-electron chi connectivity index (χ4n) is 0.996. The van der Waals surface area contributed by atoms with Gasteiger partial charge >= 0.3 is 0 Å².